The average molecular weight is 615 g/mol. The minimum Gasteiger partial charge on any atom is -0.244 e. The van der Waals surface area contributed by atoms with E-state index in [0.29, 0.717) is 0 Å². The van der Waals surface area contributed by atoms with Crippen molar-refractivity contribution in [1.82, 2.24) is 19.9 Å². The molecule has 0 amide bonds. The fraction of sp³-hybridized carbons (Fsp3) is 0.0909. The largest absolute Gasteiger partial charge is 0.244 e. The first kappa shape index (κ1) is 27.1. The maximum absolute atomic E-state index is 5.44. The number of aromatic nitrogens is 4. The molecule has 10 aromatic rings. The van der Waals surface area contributed by atoms with Gasteiger partial charge in [0.2, 0.25) is 0 Å². The van der Waals surface area contributed by atoms with Crippen molar-refractivity contribution in [3.05, 3.63) is 133 Å². The molecular formula is C44H30N4. The van der Waals surface area contributed by atoms with E-state index in [1.165, 1.54) is 5.56 Å². The molecular weight excluding hydrogens is 585 g/mol. The lowest BCUT2D eigenvalue weighted by Gasteiger charge is -2.25. The minimum absolute atomic E-state index is 0.109. The highest BCUT2D eigenvalue weighted by atomic mass is 14.8. The van der Waals surface area contributed by atoms with E-state index in [2.05, 4.69) is 124 Å². The predicted molar refractivity (Wildman–Crippen MR) is 201 cm³/mol. The summed E-state index contributed by atoms with van der Waals surface area (Å²) in [5.41, 5.74) is 12.8. The van der Waals surface area contributed by atoms with Crippen LogP contribution in [0.1, 0.15) is 26.3 Å². The molecule has 0 spiro atoms. The van der Waals surface area contributed by atoms with Crippen molar-refractivity contribution >= 4 is 76.5 Å². The summed E-state index contributed by atoms with van der Waals surface area (Å²) in [6.45, 7) is 6.81. The standard InChI is InChI=1S/C44H30N4/c1-44(2,3)27-22-30-36-31(23-27)41-43(48-35-21-13-11-19-33(35)46-41)38-29(26-16-8-5-9-17-26)24-28(25-14-6-4-7-15-25)37(39(36)38)42-40(30)45-32-18-10-12-20-34(32)47-42/h4-24H,1-3H3. The van der Waals surface area contributed by atoms with Crippen LogP contribution in [0.4, 0.5) is 0 Å². The van der Waals surface area contributed by atoms with E-state index in [4.69, 9.17) is 19.9 Å². The SMILES string of the molecule is CC(C)(C)c1cc2c3nc4ccccc4nc3c3c(-c4ccccc4)cc(-c4ccccc4)c4c5nc6ccccc6nc5c(c1)c2c34. The number of para-hydroxylation sites is 4. The molecule has 10 rings (SSSR count). The van der Waals surface area contributed by atoms with Gasteiger partial charge < -0.3 is 0 Å². The smallest absolute Gasteiger partial charge is 0.0986 e. The van der Waals surface area contributed by atoms with Gasteiger partial charge in [0.25, 0.3) is 0 Å². The van der Waals surface area contributed by atoms with Crippen LogP contribution < -0.4 is 0 Å². The van der Waals surface area contributed by atoms with Crippen molar-refractivity contribution in [2.24, 2.45) is 0 Å². The van der Waals surface area contributed by atoms with E-state index in [-0.39, 0.29) is 5.41 Å². The minimum atomic E-state index is -0.109. The third kappa shape index (κ3) is 3.83. The van der Waals surface area contributed by atoms with E-state index in [9.17, 15) is 0 Å². The van der Waals surface area contributed by atoms with Crippen molar-refractivity contribution in [1.29, 1.82) is 0 Å². The summed E-state index contributed by atoms with van der Waals surface area (Å²) in [7, 11) is 0. The lowest BCUT2D eigenvalue weighted by atomic mass is 9.80. The third-order valence-electron chi connectivity index (χ3n) is 9.88. The highest BCUT2D eigenvalue weighted by Gasteiger charge is 2.27. The van der Waals surface area contributed by atoms with Gasteiger partial charge in [-0.2, -0.15) is 0 Å². The Morgan fingerprint density at radius 3 is 1.15 bits per heavy atom. The average Bonchev–Trinajstić information content (AvgIpc) is 3.12. The van der Waals surface area contributed by atoms with Gasteiger partial charge in [-0.05, 0) is 75.7 Å². The van der Waals surface area contributed by atoms with Gasteiger partial charge in [-0.1, -0.05) is 106 Å². The zero-order valence-corrected chi connectivity index (χ0v) is 26.9. The molecule has 0 fully saturated rings. The number of fused-ring (bicyclic) bond motifs is 8. The topological polar surface area (TPSA) is 51.6 Å². The number of hydrogen-bond acceptors (Lipinski definition) is 4. The molecule has 0 bridgehead atoms. The molecule has 0 aliphatic carbocycles. The molecule has 4 nitrogen and oxygen atoms in total. The Labute approximate surface area is 277 Å². The quantitative estimate of drug-likeness (QED) is 0.144. The van der Waals surface area contributed by atoms with Crippen molar-refractivity contribution < 1.29 is 0 Å². The van der Waals surface area contributed by atoms with Crippen LogP contribution in [0, 0.1) is 0 Å². The van der Waals surface area contributed by atoms with Gasteiger partial charge in [0.15, 0.2) is 0 Å². The summed E-state index contributed by atoms with van der Waals surface area (Å²) in [5.74, 6) is 0. The monoisotopic (exact) mass is 614 g/mol. The molecule has 0 radical (unpaired) electrons. The molecule has 226 valence electrons. The summed E-state index contributed by atoms with van der Waals surface area (Å²) in [4.78, 5) is 21.7. The van der Waals surface area contributed by atoms with Crippen molar-refractivity contribution in [2.75, 3.05) is 0 Å². The third-order valence-corrected chi connectivity index (χ3v) is 9.88. The molecule has 48 heavy (non-hydrogen) atoms. The number of benzene rings is 8. The van der Waals surface area contributed by atoms with E-state index in [0.717, 1.165) is 98.7 Å². The summed E-state index contributed by atoms with van der Waals surface area (Å²) in [6.07, 6.45) is 0. The fourth-order valence-electron chi connectivity index (χ4n) is 7.56. The van der Waals surface area contributed by atoms with Crippen LogP contribution in [0.2, 0.25) is 0 Å². The van der Waals surface area contributed by atoms with Crippen molar-refractivity contribution in [2.45, 2.75) is 26.2 Å². The lowest BCUT2D eigenvalue weighted by molar-refractivity contribution is 0.592. The second-order valence-electron chi connectivity index (χ2n) is 13.8. The van der Waals surface area contributed by atoms with Gasteiger partial charge in [0, 0.05) is 32.3 Å². The van der Waals surface area contributed by atoms with Gasteiger partial charge >= 0.3 is 0 Å². The second-order valence-corrected chi connectivity index (χ2v) is 13.8. The van der Waals surface area contributed by atoms with Gasteiger partial charge in [0.1, 0.15) is 0 Å². The first-order valence-electron chi connectivity index (χ1n) is 16.5. The Balaban J connectivity index is 1.60. The maximum atomic E-state index is 5.44. The lowest BCUT2D eigenvalue weighted by Crippen LogP contribution is -2.11. The summed E-state index contributed by atoms with van der Waals surface area (Å²) >= 11 is 0. The van der Waals surface area contributed by atoms with E-state index in [1.54, 1.807) is 0 Å². The first-order valence-corrected chi connectivity index (χ1v) is 16.5. The maximum Gasteiger partial charge on any atom is 0.0986 e. The molecule has 0 saturated heterocycles. The highest BCUT2D eigenvalue weighted by molar-refractivity contribution is 6.42. The van der Waals surface area contributed by atoms with E-state index >= 15 is 0 Å². The molecule has 0 atom stereocenters. The van der Waals surface area contributed by atoms with Gasteiger partial charge in [-0.25, -0.2) is 19.9 Å². The number of rotatable bonds is 2. The summed E-state index contributed by atoms with van der Waals surface area (Å²) in [6, 6.07) is 44.9. The zero-order chi connectivity index (χ0) is 32.1. The van der Waals surface area contributed by atoms with Crippen molar-refractivity contribution in [3.8, 4) is 22.3 Å². The fourth-order valence-corrected chi connectivity index (χ4v) is 7.56. The van der Waals surface area contributed by atoms with Crippen LogP contribution >= 0.6 is 0 Å². The molecule has 2 aromatic heterocycles. The van der Waals surface area contributed by atoms with Crippen molar-refractivity contribution in [3.63, 3.8) is 0 Å². The Morgan fingerprint density at radius 1 is 0.375 bits per heavy atom. The number of nitrogens with zero attached hydrogens (tertiary/aromatic N) is 4. The molecule has 0 N–H and O–H groups in total. The molecule has 4 heteroatoms. The molecule has 0 aliphatic rings. The van der Waals surface area contributed by atoms with Crippen LogP contribution in [-0.4, -0.2) is 19.9 Å². The van der Waals surface area contributed by atoms with Gasteiger partial charge in [-0.3, -0.25) is 0 Å². The Hall–Kier alpha value is -6.00. The summed E-state index contributed by atoms with van der Waals surface area (Å²) < 4.78 is 0. The van der Waals surface area contributed by atoms with E-state index in [1.807, 2.05) is 24.3 Å². The first-order chi connectivity index (χ1) is 23.4. The molecule has 0 aliphatic heterocycles. The second kappa shape index (κ2) is 9.76. The molecule has 0 saturated carbocycles. The highest BCUT2D eigenvalue weighted by Crippen LogP contribution is 2.51. The normalized spacial score (nSPS) is 12.5. The summed E-state index contributed by atoms with van der Waals surface area (Å²) in [5, 5.41) is 6.73. The van der Waals surface area contributed by atoms with Crippen LogP contribution in [0.3, 0.4) is 0 Å². The zero-order valence-electron chi connectivity index (χ0n) is 26.9. The number of hydrogen-bond donors (Lipinski definition) is 0. The predicted octanol–water partition coefficient (Wildman–Crippen LogP) is 11.4. The Bertz CT molecular complexity index is 2720. The van der Waals surface area contributed by atoms with Crippen LogP contribution in [0.5, 0.6) is 0 Å². The van der Waals surface area contributed by atoms with Gasteiger partial charge in [-0.15, -0.1) is 0 Å². The van der Waals surface area contributed by atoms with Crippen LogP contribution in [-0.2, 0) is 5.41 Å². The van der Waals surface area contributed by atoms with Crippen LogP contribution in [0.25, 0.3) is 98.7 Å². The Kier molecular flexibility index (Phi) is 5.52. The van der Waals surface area contributed by atoms with E-state index < -0.39 is 0 Å². The van der Waals surface area contributed by atoms with Crippen LogP contribution in [0.15, 0.2) is 127 Å². The molecule has 2 heterocycles. The molecule has 8 aromatic carbocycles. The molecule has 0 unspecified atom stereocenters. The van der Waals surface area contributed by atoms with Gasteiger partial charge in [0.05, 0.1) is 44.1 Å². The Morgan fingerprint density at radius 2 is 0.750 bits per heavy atom.